The second-order valence-electron chi connectivity index (χ2n) is 35.8. The molecule has 23 nitrogen and oxygen atoms in total. The molecule has 6 aromatic heterocycles. The predicted octanol–water partition coefficient (Wildman–Crippen LogP) is 29.8. The summed E-state index contributed by atoms with van der Waals surface area (Å²) in [6, 6.07) is 78.6. The third-order valence-corrected chi connectivity index (χ3v) is 27.6. The number of nitrogens with one attached hydrogen (secondary N) is 4. The van der Waals surface area contributed by atoms with E-state index >= 15 is 0 Å². The number of hydrogen-bond acceptors (Lipinski definition) is 17. The molecule has 9 aromatic carbocycles. The zero-order valence-corrected chi connectivity index (χ0v) is 88.0. The molecule has 4 aliphatic rings. The predicted molar refractivity (Wildman–Crippen MR) is 584 cm³/mol. The van der Waals surface area contributed by atoms with Crippen molar-refractivity contribution in [1.82, 2.24) is 39.9 Å². The molecule has 147 heavy (non-hydrogen) atoms. The monoisotopic (exact) mass is 2030 g/mol. The van der Waals surface area contributed by atoms with Crippen LogP contribution in [0.25, 0.3) is 177 Å². The van der Waals surface area contributed by atoms with Crippen LogP contribution in [0.15, 0.2) is 231 Å². The average molecular weight is 2040 g/mol. The van der Waals surface area contributed by atoms with Crippen LogP contribution < -0.4 is 61.7 Å². The summed E-state index contributed by atoms with van der Waals surface area (Å²) in [5.74, 6) is 5.71. The first-order chi connectivity index (χ1) is 70.1. The van der Waals surface area contributed by atoms with E-state index in [0.717, 1.165) is 215 Å². The molecule has 15 aromatic rings. The van der Waals surface area contributed by atoms with E-state index in [1.165, 1.54) is 22.3 Å². The molecule has 0 unspecified atom stereocenters. The number of methoxy groups -OCH3 is 12. The fourth-order valence-corrected chi connectivity index (χ4v) is 20.8. The fraction of sp³-hybridized carbons (Fsp3) is 0.213. The molecule has 1 aliphatic carbocycles. The van der Waals surface area contributed by atoms with Crippen LogP contribution in [0.1, 0.15) is 146 Å². The van der Waals surface area contributed by atoms with Crippen LogP contribution >= 0.6 is 0 Å². The van der Waals surface area contributed by atoms with Gasteiger partial charge >= 0.3 is 0 Å². The summed E-state index contributed by atoms with van der Waals surface area (Å²) in [5.41, 5.74) is 30.8. The topological polar surface area (TPSA) is 286 Å². The SMILES string of the molecule is C=Cc1nc(C)c(/C=C/c2ccc(N(c3ccccc3)c3ccccc3)cc2)c2ccc([nH]2)c(-c2cc(OC)c(OC)c(OC)c2)c2nc(c(-c3ccc4c(c3)C(CCCCCC)(CCCCCC)c3cc(-c5c6nc(c(-c7cc(OC)c(OC)c(OC)c7)c7ccc(cc8nc(c(-c9cc(OC)c(OC)c(OC)c9)c9ccc5[nH]9)C=C8)[nH]7)C=C6)ccc3-4)c3ccc([nH]3)c1-c1cc(OC)c(OC)c(OC)c1)C=C2.[O-2].[O-2].[V].[V]. The molecule has 748 valence electrons. The number of aromatic nitrogens is 8. The molecule has 9 heterocycles. The van der Waals surface area contributed by atoms with Crippen LogP contribution in [0.2, 0.25) is 0 Å². The number of anilines is 3. The largest absolute Gasteiger partial charge is 2.00 e. The van der Waals surface area contributed by atoms with Gasteiger partial charge in [-0.05, 0) is 275 Å². The van der Waals surface area contributed by atoms with Gasteiger partial charge in [-0.25, -0.2) is 15.0 Å². The zero-order chi connectivity index (χ0) is 99.1. The first-order valence-corrected chi connectivity index (χ1v) is 48.5. The van der Waals surface area contributed by atoms with Crippen molar-refractivity contribution in [3.05, 3.63) is 299 Å². The number of aryl methyl sites for hydroxylation is 1. The van der Waals surface area contributed by atoms with Crippen molar-refractivity contribution in [2.45, 2.75) is 90.4 Å². The molecule has 4 N–H and O–H groups in total. The summed E-state index contributed by atoms with van der Waals surface area (Å²) in [7, 11) is 19.6. The maximum Gasteiger partial charge on any atom is 0.203 e. The van der Waals surface area contributed by atoms with Gasteiger partial charge in [0, 0.05) is 148 Å². The van der Waals surface area contributed by atoms with Crippen LogP contribution in [-0.2, 0) is 53.5 Å². The van der Waals surface area contributed by atoms with Crippen LogP contribution in [0.5, 0.6) is 69.0 Å². The maximum absolute atomic E-state index is 6.20. The number of para-hydroxylation sites is 2. The Morgan fingerprint density at radius 2 is 0.646 bits per heavy atom. The molecule has 19 rings (SSSR count). The van der Waals surface area contributed by atoms with E-state index in [1.54, 1.807) is 85.3 Å². The van der Waals surface area contributed by atoms with Gasteiger partial charge in [0.2, 0.25) is 23.0 Å². The molecular weight excluding hydrogens is 1920 g/mol. The third kappa shape index (κ3) is 20.4. The molecule has 0 saturated heterocycles. The van der Waals surface area contributed by atoms with E-state index in [1.807, 2.05) is 85.8 Å². The molecule has 14 bridgehead atoms. The van der Waals surface area contributed by atoms with E-state index in [2.05, 4.69) is 246 Å². The van der Waals surface area contributed by atoms with E-state index in [4.69, 9.17) is 76.8 Å². The first-order valence-electron chi connectivity index (χ1n) is 48.5. The molecule has 0 fully saturated rings. The molecule has 0 spiro atoms. The smallest absolute Gasteiger partial charge is 0.203 e. The summed E-state index contributed by atoms with van der Waals surface area (Å²) in [6.45, 7) is 11.2. The normalized spacial score (nSPS) is 11.9. The Kier molecular flexibility index (Phi) is 33.5. The number of H-pyrrole nitrogens is 4. The van der Waals surface area contributed by atoms with Crippen molar-refractivity contribution in [3.8, 4) is 147 Å². The van der Waals surface area contributed by atoms with Crippen LogP contribution in [-0.4, -0.2) is 125 Å². The van der Waals surface area contributed by atoms with Gasteiger partial charge in [0.15, 0.2) is 46.0 Å². The average Bonchev–Trinajstić information content (AvgIpc) is 1.55. The van der Waals surface area contributed by atoms with Gasteiger partial charge in [-0.2, -0.15) is 0 Å². The fourth-order valence-electron chi connectivity index (χ4n) is 20.8. The zero-order valence-electron chi connectivity index (χ0n) is 85.2. The molecule has 0 atom stereocenters. The van der Waals surface area contributed by atoms with Gasteiger partial charge in [-0.3, -0.25) is 4.98 Å². The van der Waals surface area contributed by atoms with Gasteiger partial charge in [0.1, 0.15) is 0 Å². The van der Waals surface area contributed by atoms with Crippen LogP contribution in [0.3, 0.4) is 0 Å². The Hall–Kier alpha value is -15.6. The van der Waals surface area contributed by atoms with Crippen molar-refractivity contribution in [2.75, 3.05) is 90.2 Å². The number of ether oxygens (including phenoxy) is 12. The Labute approximate surface area is 880 Å². The van der Waals surface area contributed by atoms with Gasteiger partial charge < -0.3 is 92.6 Å². The molecule has 2 radical (unpaired) electrons. The number of rotatable bonds is 34. The Balaban J connectivity index is 0.00000405. The Bertz CT molecular complexity index is 7700. The second-order valence-corrected chi connectivity index (χ2v) is 35.8. The number of benzene rings is 9. The van der Waals surface area contributed by atoms with Gasteiger partial charge in [0.05, 0.1) is 125 Å². The summed E-state index contributed by atoms with van der Waals surface area (Å²) in [6.07, 6.45) is 28.8. The quantitative estimate of drug-likeness (QED) is 0.0273. The molecule has 25 heteroatoms. The van der Waals surface area contributed by atoms with Crippen molar-refractivity contribution in [2.24, 2.45) is 0 Å². The van der Waals surface area contributed by atoms with E-state index in [0.29, 0.717) is 103 Å². The van der Waals surface area contributed by atoms with Crippen LogP contribution in [0.4, 0.5) is 17.1 Å². The second kappa shape index (κ2) is 46.6. The summed E-state index contributed by atoms with van der Waals surface area (Å²) in [4.78, 5) is 41.1. The Morgan fingerprint density at radius 3 is 1.02 bits per heavy atom. The number of unbranched alkanes of at least 4 members (excludes halogenated alkanes) is 6. The number of fused-ring (bicyclic) bond motifs is 17. The van der Waals surface area contributed by atoms with Gasteiger partial charge in [-0.15, -0.1) is 0 Å². The minimum Gasteiger partial charge on any atom is -2.00 e. The van der Waals surface area contributed by atoms with Crippen molar-refractivity contribution < 1.29 is 105 Å². The van der Waals surface area contributed by atoms with Crippen molar-refractivity contribution >= 4 is 116 Å². The van der Waals surface area contributed by atoms with Crippen molar-refractivity contribution in [3.63, 3.8) is 0 Å². The standard InChI is InChI=1S/C122H117N9O12.2O.2V/c1-17-20-22-30-60-122(61-31-23-21-18-2)89-62-75(39-46-87(89)88-47-40-76(63-90(88)122)113-96-53-57-101(128-96)115(78-66-106(134-7)119(141-14)107(67-78)135-8)93-48-41-81(124-93)72-82-42-49-94(125-82)116(102-58-54-97(113)129-102)79-68-108(136-9)120(142-15)109(69-79)137-10)112-95-52-56-99(127-95)114(77-64-104(132-5)118(140-13)105(65-77)133-6)91(19-3)123-73(4)86(45-38-74-36-43-85(44-37-74)131(83-32-26-24-27-33-83)84-34-28-25-29-35-84)92-50-51-100(126-92)117(103-59-55-98(112)130-103)80-70-110(138-11)121(143-16)111(71-80)139-12;;;;/h19,24-29,32-59,62-72,124,126-127,129H,3,17-18,20-23,30-31,60-61H2,1-2,4-16H3;;;;/q;2*-2;;/b45-38+,81-72?,82-72?,86-73?,92-86?,112-95?,112-98?,113-96?,113-97?,114-91?,114-99?,115-93?,115-101?,116-94?,116-102?,117-100?,117-103?,123-73?,123-91?;;;;. The third-order valence-electron chi connectivity index (χ3n) is 27.6. The number of hydrogen-bond donors (Lipinski definition) is 4. The maximum atomic E-state index is 6.20. The van der Waals surface area contributed by atoms with E-state index in [-0.39, 0.29) is 48.1 Å². The molecule has 3 aliphatic heterocycles. The summed E-state index contributed by atoms with van der Waals surface area (Å²) >= 11 is 0. The number of aromatic amines is 4. The van der Waals surface area contributed by atoms with Crippen molar-refractivity contribution in [1.29, 1.82) is 0 Å². The number of nitrogens with zero attached hydrogens (tertiary/aromatic N) is 5. The van der Waals surface area contributed by atoms with Crippen LogP contribution in [0, 0.1) is 6.92 Å². The minimum absolute atomic E-state index is 0. The minimum atomic E-state index is -0.532. The van der Waals surface area contributed by atoms with Gasteiger partial charge in [-0.1, -0.05) is 157 Å². The summed E-state index contributed by atoms with van der Waals surface area (Å²) in [5, 5.41) is 0. The Morgan fingerprint density at radius 1 is 0.313 bits per heavy atom. The molecule has 0 amide bonds. The van der Waals surface area contributed by atoms with E-state index < -0.39 is 5.41 Å². The van der Waals surface area contributed by atoms with E-state index in [9.17, 15) is 0 Å². The summed E-state index contributed by atoms with van der Waals surface area (Å²) < 4.78 is 73.1. The van der Waals surface area contributed by atoms with Gasteiger partial charge in [0.25, 0.3) is 0 Å². The first kappa shape index (κ1) is 106. The molecule has 0 saturated carbocycles. The molecular formula is C122H117N9O14V2-4.